The highest BCUT2D eigenvalue weighted by Crippen LogP contribution is 2.29. The lowest BCUT2D eigenvalue weighted by Gasteiger charge is -2.36. The second kappa shape index (κ2) is 9.51. The largest absolute Gasteiger partial charge is 0.438 e. The Labute approximate surface area is 198 Å². The lowest BCUT2D eigenvalue weighted by atomic mass is 10.1. The maximum absolute atomic E-state index is 13.2. The highest BCUT2D eigenvalue weighted by molar-refractivity contribution is 6.00. The van der Waals surface area contributed by atoms with Gasteiger partial charge in [0.1, 0.15) is 5.75 Å². The summed E-state index contributed by atoms with van der Waals surface area (Å²) in [4.78, 5) is 31.5. The Morgan fingerprint density at radius 2 is 1.65 bits per heavy atom. The van der Waals surface area contributed by atoms with E-state index in [0.29, 0.717) is 44.4 Å². The average molecular weight is 458 g/mol. The predicted octanol–water partition coefficient (Wildman–Crippen LogP) is 3.28. The van der Waals surface area contributed by atoms with Crippen molar-refractivity contribution in [2.24, 2.45) is 5.92 Å². The van der Waals surface area contributed by atoms with Crippen LogP contribution in [-0.2, 0) is 9.59 Å². The molecule has 0 saturated carbocycles. The lowest BCUT2D eigenvalue weighted by molar-refractivity contribution is -0.136. The van der Waals surface area contributed by atoms with E-state index in [4.69, 9.17) is 4.74 Å². The minimum Gasteiger partial charge on any atom is -0.438 e. The van der Waals surface area contributed by atoms with Gasteiger partial charge in [0.15, 0.2) is 5.82 Å². The summed E-state index contributed by atoms with van der Waals surface area (Å²) in [5.41, 5.74) is 1.93. The van der Waals surface area contributed by atoms with E-state index in [2.05, 4.69) is 15.1 Å². The van der Waals surface area contributed by atoms with Crippen LogP contribution < -0.4 is 14.5 Å². The molecular formula is C26H27N5O3. The van der Waals surface area contributed by atoms with E-state index in [0.717, 1.165) is 17.1 Å². The summed E-state index contributed by atoms with van der Waals surface area (Å²) in [6, 6.07) is 21.0. The van der Waals surface area contributed by atoms with Gasteiger partial charge in [0.25, 0.3) is 0 Å². The molecule has 2 amide bonds. The summed E-state index contributed by atoms with van der Waals surface area (Å²) >= 11 is 0. The maximum atomic E-state index is 13.2. The zero-order valence-corrected chi connectivity index (χ0v) is 19.1. The van der Waals surface area contributed by atoms with Crippen molar-refractivity contribution >= 4 is 23.3 Å². The molecule has 1 unspecified atom stereocenters. The van der Waals surface area contributed by atoms with Gasteiger partial charge in [0.05, 0.1) is 5.92 Å². The molecule has 1 aromatic heterocycles. The Morgan fingerprint density at radius 3 is 2.35 bits per heavy atom. The SMILES string of the molecule is Cc1ccccc1N1CC(C(=O)N2CCN(c3ccc(Oc4ccccc4)nn3)CC2)CC1=O. The van der Waals surface area contributed by atoms with E-state index >= 15 is 0 Å². The van der Waals surface area contributed by atoms with Gasteiger partial charge in [-0.05, 0) is 36.8 Å². The zero-order chi connectivity index (χ0) is 23.5. The van der Waals surface area contributed by atoms with Crippen LogP contribution in [0.5, 0.6) is 11.6 Å². The number of hydrogen-bond acceptors (Lipinski definition) is 6. The molecule has 2 aromatic carbocycles. The smallest absolute Gasteiger partial charge is 0.238 e. The van der Waals surface area contributed by atoms with E-state index < -0.39 is 0 Å². The molecule has 1 atom stereocenters. The molecule has 0 aliphatic carbocycles. The number of hydrogen-bond donors (Lipinski definition) is 0. The number of carbonyl (C=O) groups is 2. The van der Waals surface area contributed by atoms with Crippen molar-refractivity contribution in [3.63, 3.8) is 0 Å². The summed E-state index contributed by atoms with van der Waals surface area (Å²) in [5.74, 6) is 1.68. The van der Waals surface area contributed by atoms with Crippen LogP contribution in [0.1, 0.15) is 12.0 Å². The molecule has 2 fully saturated rings. The average Bonchev–Trinajstić information content (AvgIpc) is 3.26. The molecule has 0 bridgehead atoms. The lowest BCUT2D eigenvalue weighted by Crippen LogP contribution is -2.51. The Bertz CT molecular complexity index is 1160. The first-order valence-electron chi connectivity index (χ1n) is 11.5. The van der Waals surface area contributed by atoms with Crippen molar-refractivity contribution in [1.82, 2.24) is 15.1 Å². The summed E-state index contributed by atoms with van der Waals surface area (Å²) in [7, 11) is 0. The molecule has 34 heavy (non-hydrogen) atoms. The van der Waals surface area contributed by atoms with Crippen LogP contribution in [0.2, 0.25) is 0 Å². The van der Waals surface area contributed by atoms with E-state index in [1.165, 1.54) is 0 Å². The van der Waals surface area contributed by atoms with Gasteiger partial charge >= 0.3 is 0 Å². The predicted molar refractivity (Wildman–Crippen MR) is 129 cm³/mol. The van der Waals surface area contributed by atoms with Gasteiger partial charge in [0, 0.05) is 50.9 Å². The molecule has 2 aliphatic heterocycles. The van der Waals surface area contributed by atoms with Crippen LogP contribution in [0.3, 0.4) is 0 Å². The molecule has 3 heterocycles. The van der Waals surface area contributed by atoms with Crippen LogP contribution in [0.25, 0.3) is 0 Å². The number of benzene rings is 2. The maximum Gasteiger partial charge on any atom is 0.238 e. The summed E-state index contributed by atoms with van der Waals surface area (Å²) in [5, 5.41) is 8.49. The summed E-state index contributed by atoms with van der Waals surface area (Å²) in [6.07, 6.45) is 0.266. The number of amides is 2. The molecule has 2 aliphatic rings. The molecule has 174 valence electrons. The Balaban J connectivity index is 1.16. The quantitative estimate of drug-likeness (QED) is 0.585. The number of anilines is 2. The first-order chi connectivity index (χ1) is 16.6. The van der Waals surface area contributed by atoms with Crippen molar-refractivity contribution in [2.75, 3.05) is 42.5 Å². The number of piperazine rings is 1. The van der Waals surface area contributed by atoms with Gasteiger partial charge in [-0.25, -0.2) is 0 Å². The number of nitrogens with zero attached hydrogens (tertiary/aromatic N) is 5. The Kier molecular flexibility index (Phi) is 6.12. The highest BCUT2D eigenvalue weighted by atomic mass is 16.5. The number of aromatic nitrogens is 2. The first-order valence-corrected chi connectivity index (χ1v) is 11.5. The van der Waals surface area contributed by atoms with Crippen molar-refractivity contribution in [2.45, 2.75) is 13.3 Å². The fourth-order valence-electron chi connectivity index (χ4n) is 4.53. The molecule has 3 aromatic rings. The minimum absolute atomic E-state index is 0.0133. The van der Waals surface area contributed by atoms with Gasteiger partial charge in [-0.2, -0.15) is 0 Å². The number of carbonyl (C=O) groups excluding carboxylic acids is 2. The van der Waals surface area contributed by atoms with Gasteiger partial charge in [-0.15, -0.1) is 10.2 Å². The molecule has 0 radical (unpaired) electrons. The summed E-state index contributed by atoms with van der Waals surface area (Å²) in [6.45, 7) is 4.95. The van der Waals surface area contributed by atoms with E-state index in [-0.39, 0.29) is 24.2 Å². The van der Waals surface area contributed by atoms with Crippen molar-refractivity contribution in [3.8, 4) is 11.6 Å². The molecule has 5 rings (SSSR count). The van der Waals surface area contributed by atoms with E-state index in [1.54, 1.807) is 11.0 Å². The van der Waals surface area contributed by atoms with Crippen molar-refractivity contribution in [1.29, 1.82) is 0 Å². The van der Waals surface area contributed by atoms with Crippen LogP contribution in [-0.4, -0.2) is 59.6 Å². The van der Waals surface area contributed by atoms with Crippen LogP contribution in [0.15, 0.2) is 66.7 Å². The standard InChI is InChI=1S/C26H27N5O3/c1-19-7-5-6-10-22(19)31-18-20(17-25(31)32)26(33)30-15-13-29(14-16-30)23-11-12-24(28-27-23)34-21-8-3-2-4-9-21/h2-12,20H,13-18H2,1H3. The third-order valence-corrected chi connectivity index (χ3v) is 6.39. The van der Waals surface area contributed by atoms with E-state index in [1.807, 2.05) is 72.5 Å². The van der Waals surface area contributed by atoms with Gasteiger partial charge in [-0.1, -0.05) is 36.4 Å². The molecule has 0 N–H and O–H groups in total. The van der Waals surface area contributed by atoms with Crippen molar-refractivity contribution < 1.29 is 14.3 Å². The highest BCUT2D eigenvalue weighted by Gasteiger charge is 2.38. The summed E-state index contributed by atoms with van der Waals surface area (Å²) < 4.78 is 5.71. The fraction of sp³-hybridized carbons (Fsp3) is 0.308. The fourth-order valence-corrected chi connectivity index (χ4v) is 4.53. The van der Waals surface area contributed by atoms with E-state index in [9.17, 15) is 9.59 Å². The second-order valence-corrected chi connectivity index (χ2v) is 8.65. The molecule has 2 saturated heterocycles. The molecule has 0 spiro atoms. The van der Waals surface area contributed by atoms with Crippen LogP contribution >= 0.6 is 0 Å². The van der Waals surface area contributed by atoms with Gasteiger partial charge in [-0.3, -0.25) is 9.59 Å². The number of para-hydroxylation sites is 2. The third kappa shape index (κ3) is 4.57. The second-order valence-electron chi connectivity index (χ2n) is 8.65. The number of rotatable bonds is 5. The van der Waals surface area contributed by atoms with Gasteiger partial charge in [0.2, 0.25) is 17.7 Å². The Morgan fingerprint density at radius 1 is 0.912 bits per heavy atom. The topological polar surface area (TPSA) is 78.9 Å². The first kappa shape index (κ1) is 21.9. The number of aryl methyl sites for hydroxylation is 1. The monoisotopic (exact) mass is 457 g/mol. The minimum atomic E-state index is -0.298. The zero-order valence-electron chi connectivity index (χ0n) is 19.1. The normalized spacial score (nSPS) is 18.3. The number of ether oxygens (including phenoxy) is 1. The van der Waals surface area contributed by atoms with Gasteiger partial charge < -0.3 is 19.4 Å². The Hall–Kier alpha value is -3.94. The molecule has 8 heteroatoms. The van der Waals surface area contributed by atoms with Crippen LogP contribution in [0, 0.1) is 12.8 Å². The van der Waals surface area contributed by atoms with Crippen LogP contribution in [0.4, 0.5) is 11.5 Å². The van der Waals surface area contributed by atoms with Crippen molar-refractivity contribution in [3.05, 3.63) is 72.3 Å². The molecule has 8 nitrogen and oxygen atoms in total. The molecular weight excluding hydrogens is 430 g/mol. The third-order valence-electron chi connectivity index (χ3n) is 6.39.